The Morgan fingerprint density at radius 2 is 1.88 bits per heavy atom. The summed E-state index contributed by atoms with van der Waals surface area (Å²) in [7, 11) is -3.85. The highest BCUT2D eigenvalue weighted by Crippen LogP contribution is 2.28. The van der Waals surface area contributed by atoms with Crippen molar-refractivity contribution in [2.24, 2.45) is 5.14 Å². The summed E-state index contributed by atoms with van der Waals surface area (Å²) in [6.07, 6.45) is -4.59. The molecule has 0 spiro atoms. The lowest BCUT2D eigenvalue weighted by molar-refractivity contribution is -0.141. The van der Waals surface area contributed by atoms with Crippen LogP contribution in [0.1, 0.15) is 11.4 Å². The summed E-state index contributed by atoms with van der Waals surface area (Å²) in [6, 6.07) is 5.87. The van der Waals surface area contributed by atoms with Gasteiger partial charge in [-0.25, -0.2) is 13.6 Å². The van der Waals surface area contributed by atoms with Crippen LogP contribution in [0.3, 0.4) is 0 Å². The Balaban J connectivity index is 2.07. The third-order valence-electron chi connectivity index (χ3n) is 3.03. The number of hydrogen-bond donors (Lipinski definition) is 2. The van der Waals surface area contributed by atoms with Gasteiger partial charge in [0.2, 0.25) is 15.9 Å². The molecule has 0 aliphatic rings. The number of sulfonamides is 1. The molecule has 0 saturated heterocycles. The largest absolute Gasteiger partial charge is 0.435 e. The van der Waals surface area contributed by atoms with Crippen LogP contribution in [-0.2, 0) is 27.5 Å². The fraction of sp³-hybridized carbons (Fsp3) is 0.231. The van der Waals surface area contributed by atoms with Crippen LogP contribution >= 0.6 is 0 Å². The molecule has 1 amide bonds. The monoisotopic (exact) mass is 362 g/mol. The normalized spacial score (nSPS) is 12.2. The predicted molar refractivity (Wildman–Crippen MR) is 78.4 cm³/mol. The zero-order valence-electron chi connectivity index (χ0n) is 12.3. The minimum Gasteiger partial charge on any atom is -0.324 e. The molecule has 11 heteroatoms. The van der Waals surface area contributed by atoms with Gasteiger partial charge >= 0.3 is 6.18 Å². The number of benzene rings is 1. The Morgan fingerprint density at radius 3 is 2.33 bits per heavy atom. The van der Waals surface area contributed by atoms with E-state index in [1.54, 1.807) is 0 Å². The van der Waals surface area contributed by atoms with E-state index in [0.29, 0.717) is 0 Å². The fourth-order valence-electron chi connectivity index (χ4n) is 1.87. The topological polar surface area (TPSA) is 107 Å². The molecule has 2 aromatic rings. The molecule has 2 rings (SSSR count). The number of carbonyl (C=O) groups is 1. The van der Waals surface area contributed by atoms with E-state index in [1.165, 1.54) is 31.2 Å². The number of carbonyl (C=O) groups excluding carboxylic acids is 1. The second kappa shape index (κ2) is 6.24. The van der Waals surface area contributed by atoms with E-state index in [1.807, 2.05) is 0 Å². The number of hydrogen-bond acceptors (Lipinski definition) is 4. The van der Waals surface area contributed by atoms with Crippen molar-refractivity contribution >= 4 is 21.6 Å². The molecule has 24 heavy (non-hydrogen) atoms. The molecule has 130 valence electrons. The number of anilines is 1. The third-order valence-corrected chi connectivity index (χ3v) is 3.96. The maximum absolute atomic E-state index is 12.6. The summed E-state index contributed by atoms with van der Waals surface area (Å²) in [5, 5.41) is 10.7. The van der Waals surface area contributed by atoms with Crippen LogP contribution in [0.2, 0.25) is 0 Å². The van der Waals surface area contributed by atoms with Gasteiger partial charge in [0.05, 0.1) is 4.90 Å². The van der Waals surface area contributed by atoms with E-state index in [9.17, 15) is 26.4 Å². The Labute approximate surface area is 135 Å². The smallest absolute Gasteiger partial charge is 0.324 e. The highest BCUT2D eigenvalue weighted by atomic mass is 32.2. The van der Waals surface area contributed by atoms with Crippen LogP contribution in [0.25, 0.3) is 0 Å². The van der Waals surface area contributed by atoms with Gasteiger partial charge in [0.1, 0.15) is 6.54 Å². The molecule has 1 aromatic heterocycles. The van der Waals surface area contributed by atoms with Crippen molar-refractivity contribution in [2.75, 3.05) is 5.32 Å². The van der Waals surface area contributed by atoms with Crippen LogP contribution < -0.4 is 10.5 Å². The summed E-state index contributed by atoms with van der Waals surface area (Å²) >= 11 is 0. The first-order valence-electron chi connectivity index (χ1n) is 6.51. The molecule has 0 fully saturated rings. The molecule has 1 heterocycles. The van der Waals surface area contributed by atoms with Gasteiger partial charge in [0.15, 0.2) is 5.69 Å². The van der Waals surface area contributed by atoms with Gasteiger partial charge < -0.3 is 5.32 Å². The lowest BCUT2D eigenvalue weighted by Gasteiger charge is -2.07. The van der Waals surface area contributed by atoms with Crippen molar-refractivity contribution in [1.29, 1.82) is 0 Å². The first-order chi connectivity index (χ1) is 11.0. The molecule has 0 saturated carbocycles. The number of amides is 1. The number of rotatable bonds is 4. The second-order valence-corrected chi connectivity index (χ2v) is 6.51. The lowest BCUT2D eigenvalue weighted by Crippen LogP contribution is -2.21. The van der Waals surface area contributed by atoms with Crippen molar-refractivity contribution in [3.8, 4) is 0 Å². The molecule has 0 aliphatic carbocycles. The van der Waals surface area contributed by atoms with Crippen molar-refractivity contribution < 1.29 is 26.4 Å². The van der Waals surface area contributed by atoms with Crippen LogP contribution in [-0.4, -0.2) is 24.1 Å². The highest BCUT2D eigenvalue weighted by molar-refractivity contribution is 7.89. The van der Waals surface area contributed by atoms with Gasteiger partial charge in [-0.05, 0) is 37.3 Å². The van der Waals surface area contributed by atoms with Crippen LogP contribution in [0.15, 0.2) is 35.2 Å². The zero-order valence-corrected chi connectivity index (χ0v) is 13.1. The fourth-order valence-corrected chi connectivity index (χ4v) is 2.39. The molecule has 0 bridgehead atoms. The Bertz CT molecular complexity index is 858. The van der Waals surface area contributed by atoms with Gasteiger partial charge in [-0.15, -0.1) is 0 Å². The van der Waals surface area contributed by atoms with Crippen LogP contribution in [0.4, 0.5) is 18.9 Å². The minimum absolute atomic E-state index is 0.127. The molecule has 0 radical (unpaired) electrons. The van der Waals surface area contributed by atoms with Crippen molar-refractivity contribution in [3.05, 3.63) is 41.7 Å². The number of nitrogens with one attached hydrogen (secondary N) is 1. The molecule has 3 N–H and O–H groups in total. The standard InChI is InChI=1S/C13H13F3N4O3S/c1-8-6-11(13(14,15)16)19-20(8)7-12(21)18-9-2-4-10(5-3-9)24(17,22)23/h2-6H,7H2,1H3,(H,18,21)(H2,17,22,23). The predicted octanol–water partition coefficient (Wildman–Crippen LogP) is 1.50. The van der Waals surface area contributed by atoms with Gasteiger partial charge in [0.25, 0.3) is 0 Å². The number of aromatic nitrogens is 2. The summed E-state index contributed by atoms with van der Waals surface area (Å²) in [5.41, 5.74) is -0.624. The third kappa shape index (κ3) is 4.32. The molecule has 7 nitrogen and oxygen atoms in total. The van der Waals surface area contributed by atoms with E-state index in [4.69, 9.17) is 5.14 Å². The summed E-state index contributed by atoms with van der Waals surface area (Å²) < 4.78 is 60.8. The molecule has 1 aromatic carbocycles. The SMILES string of the molecule is Cc1cc(C(F)(F)F)nn1CC(=O)Nc1ccc(S(N)(=O)=O)cc1. The average molecular weight is 362 g/mol. The van der Waals surface area contributed by atoms with Crippen molar-refractivity contribution in [2.45, 2.75) is 24.5 Å². The number of aryl methyl sites for hydroxylation is 1. The van der Waals surface area contributed by atoms with Crippen LogP contribution in [0.5, 0.6) is 0 Å². The van der Waals surface area contributed by atoms with Crippen LogP contribution in [0, 0.1) is 6.92 Å². The summed E-state index contributed by atoms with van der Waals surface area (Å²) in [4.78, 5) is 11.8. The van der Waals surface area contributed by atoms with Crippen molar-refractivity contribution in [3.63, 3.8) is 0 Å². The van der Waals surface area contributed by atoms with Gasteiger partial charge in [-0.3, -0.25) is 9.48 Å². The Kier molecular flexibility index (Phi) is 4.67. The molecule has 0 unspecified atom stereocenters. The Morgan fingerprint density at radius 1 is 1.29 bits per heavy atom. The number of alkyl halides is 3. The van der Waals surface area contributed by atoms with Gasteiger partial charge in [-0.2, -0.15) is 18.3 Å². The Hall–Kier alpha value is -2.40. The average Bonchev–Trinajstić information content (AvgIpc) is 2.79. The summed E-state index contributed by atoms with van der Waals surface area (Å²) in [6.45, 7) is 0.981. The molecular formula is C13H13F3N4O3S. The van der Waals surface area contributed by atoms with E-state index < -0.39 is 34.3 Å². The highest BCUT2D eigenvalue weighted by Gasteiger charge is 2.34. The molecule has 0 aliphatic heterocycles. The summed E-state index contributed by atoms with van der Waals surface area (Å²) in [5.74, 6) is -0.613. The van der Waals surface area contributed by atoms with E-state index in [2.05, 4.69) is 10.4 Å². The van der Waals surface area contributed by atoms with Crippen molar-refractivity contribution in [1.82, 2.24) is 9.78 Å². The first-order valence-corrected chi connectivity index (χ1v) is 8.06. The number of primary sulfonamides is 1. The zero-order chi connectivity index (χ0) is 18.1. The quantitative estimate of drug-likeness (QED) is 0.859. The number of nitrogens with zero attached hydrogens (tertiary/aromatic N) is 2. The maximum atomic E-state index is 12.6. The second-order valence-electron chi connectivity index (χ2n) is 4.94. The lowest BCUT2D eigenvalue weighted by atomic mass is 10.3. The molecule has 0 atom stereocenters. The maximum Gasteiger partial charge on any atom is 0.435 e. The first kappa shape index (κ1) is 17.9. The van der Waals surface area contributed by atoms with Gasteiger partial charge in [-0.1, -0.05) is 0 Å². The number of halogens is 3. The molecular weight excluding hydrogens is 349 g/mol. The number of nitrogens with two attached hydrogens (primary N) is 1. The van der Waals surface area contributed by atoms with Gasteiger partial charge in [0, 0.05) is 11.4 Å². The van der Waals surface area contributed by atoms with E-state index >= 15 is 0 Å². The van der Waals surface area contributed by atoms with E-state index in [0.717, 1.165) is 10.7 Å². The van der Waals surface area contributed by atoms with E-state index in [-0.39, 0.29) is 16.3 Å². The minimum atomic E-state index is -4.59.